The fourth-order valence-electron chi connectivity index (χ4n) is 4.43. The minimum Gasteiger partial charge on any atom is -0.383 e. The first-order valence-corrected chi connectivity index (χ1v) is 13.6. The maximum atomic E-state index is 11.5. The van der Waals surface area contributed by atoms with Gasteiger partial charge in [-0.15, -0.1) is 0 Å². The Morgan fingerprint density at radius 3 is 2.76 bits per heavy atom. The Morgan fingerprint density at radius 1 is 1.24 bits per heavy atom. The molecule has 4 rings (SSSR count). The van der Waals surface area contributed by atoms with E-state index in [1.807, 2.05) is 12.1 Å². The van der Waals surface area contributed by atoms with Gasteiger partial charge >= 0.3 is 0 Å². The van der Waals surface area contributed by atoms with Crippen molar-refractivity contribution in [2.45, 2.75) is 45.2 Å². The Labute approximate surface area is 200 Å². The fourth-order valence-corrected chi connectivity index (χ4v) is 5.12. The average Bonchev–Trinajstić information content (AvgIpc) is 3.11. The van der Waals surface area contributed by atoms with Crippen LogP contribution < -0.4 is 15.8 Å². The standard InChI is InChI=1S/C23H31ClN6O2S/c1-3-4-5-26-11-16-8-19(9-16)30-13-20(21-22(25)27-14-28-23(21)30)17-6-15(7-18(24)10-17)12-29-33(2,31)32/h6-7,10,13-14,16,19,26,29H,3-5,8-9,11-12H2,1-2H3,(H2,25,27,28). The van der Waals surface area contributed by atoms with Gasteiger partial charge in [0.15, 0.2) is 0 Å². The minimum atomic E-state index is -3.31. The van der Waals surface area contributed by atoms with Crippen molar-refractivity contribution in [2.75, 3.05) is 25.1 Å². The van der Waals surface area contributed by atoms with Crippen LogP contribution in [0.4, 0.5) is 5.82 Å². The topological polar surface area (TPSA) is 115 Å². The summed E-state index contributed by atoms with van der Waals surface area (Å²) in [4.78, 5) is 8.76. The summed E-state index contributed by atoms with van der Waals surface area (Å²) in [6.45, 7) is 4.48. The van der Waals surface area contributed by atoms with Crippen molar-refractivity contribution in [1.29, 1.82) is 0 Å². The van der Waals surface area contributed by atoms with Crippen molar-refractivity contribution in [3.63, 3.8) is 0 Å². The van der Waals surface area contributed by atoms with E-state index in [9.17, 15) is 8.42 Å². The average molecular weight is 491 g/mol. The second-order valence-corrected chi connectivity index (χ2v) is 11.2. The molecule has 0 atom stereocenters. The lowest BCUT2D eigenvalue weighted by Gasteiger charge is -2.36. The number of rotatable bonds is 10. The zero-order valence-corrected chi connectivity index (χ0v) is 20.6. The number of unbranched alkanes of at least 4 members (excludes halogenated alkanes) is 1. The highest BCUT2D eigenvalue weighted by atomic mass is 35.5. The summed E-state index contributed by atoms with van der Waals surface area (Å²) in [6.07, 6.45) is 9.31. The predicted octanol–water partition coefficient (Wildman–Crippen LogP) is 3.72. The Morgan fingerprint density at radius 2 is 2.03 bits per heavy atom. The van der Waals surface area contributed by atoms with Crippen LogP contribution in [0, 0.1) is 5.92 Å². The third kappa shape index (κ3) is 5.66. The fraction of sp³-hybridized carbons (Fsp3) is 0.478. The molecule has 0 unspecified atom stereocenters. The predicted molar refractivity (Wildman–Crippen MR) is 134 cm³/mol. The number of halogens is 1. The zero-order chi connectivity index (χ0) is 23.6. The van der Waals surface area contributed by atoms with E-state index in [-0.39, 0.29) is 6.54 Å². The maximum Gasteiger partial charge on any atom is 0.209 e. The number of fused-ring (bicyclic) bond motifs is 1. The molecule has 1 aliphatic rings. The first-order valence-electron chi connectivity index (χ1n) is 11.3. The van der Waals surface area contributed by atoms with E-state index in [2.05, 4.69) is 37.7 Å². The van der Waals surface area contributed by atoms with Crippen molar-refractivity contribution in [3.05, 3.63) is 41.3 Å². The van der Waals surface area contributed by atoms with Crippen molar-refractivity contribution in [2.24, 2.45) is 5.92 Å². The van der Waals surface area contributed by atoms with E-state index in [1.165, 1.54) is 19.2 Å². The van der Waals surface area contributed by atoms with Gasteiger partial charge in [-0.25, -0.2) is 23.1 Å². The second kappa shape index (κ2) is 9.97. The molecule has 4 N–H and O–H groups in total. The first-order chi connectivity index (χ1) is 15.7. The minimum absolute atomic E-state index is 0.159. The molecule has 0 radical (unpaired) electrons. The summed E-state index contributed by atoms with van der Waals surface area (Å²) in [7, 11) is -3.31. The molecule has 1 aromatic carbocycles. The van der Waals surface area contributed by atoms with Gasteiger partial charge in [-0.1, -0.05) is 24.9 Å². The van der Waals surface area contributed by atoms with Crippen LogP contribution in [0.5, 0.6) is 0 Å². The Balaban J connectivity index is 1.62. The van der Waals surface area contributed by atoms with Crippen LogP contribution in [0.3, 0.4) is 0 Å². The van der Waals surface area contributed by atoms with Gasteiger partial charge in [0.2, 0.25) is 10.0 Å². The smallest absolute Gasteiger partial charge is 0.209 e. The number of hydrogen-bond acceptors (Lipinski definition) is 6. The van der Waals surface area contributed by atoms with Gasteiger partial charge in [0, 0.05) is 29.4 Å². The van der Waals surface area contributed by atoms with E-state index in [1.54, 1.807) is 6.07 Å². The number of sulfonamides is 1. The molecule has 178 valence electrons. The molecule has 2 aromatic heterocycles. The van der Waals surface area contributed by atoms with Gasteiger partial charge in [-0.05, 0) is 67.6 Å². The highest BCUT2D eigenvalue weighted by Crippen LogP contribution is 2.43. The van der Waals surface area contributed by atoms with Crippen LogP contribution in [0.2, 0.25) is 5.02 Å². The number of aromatic nitrogens is 3. The SMILES string of the molecule is CCCCNCC1CC(n2cc(-c3cc(Cl)cc(CNS(C)(=O)=O)c3)c3c(N)ncnc32)C1. The van der Waals surface area contributed by atoms with Crippen LogP contribution in [0.15, 0.2) is 30.7 Å². The number of benzene rings is 1. The van der Waals surface area contributed by atoms with Crippen LogP contribution in [0.1, 0.15) is 44.2 Å². The highest BCUT2D eigenvalue weighted by molar-refractivity contribution is 7.88. The lowest BCUT2D eigenvalue weighted by atomic mass is 9.80. The number of nitrogen functional groups attached to an aromatic ring is 1. The quantitative estimate of drug-likeness (QED) is 0.373. The van der Waals surface area contributed by atoms with Crippen molar-refractivity contribution in [1.82, 2.24) is 24.6 Å². The molecule has 0 saturated heterocycles. The van der Waals surface area contributed by atoms with E-state index < -0.39 is 10.0 Å². The Bertz CT molecular complexity index is 1240. The molecule has 1 saturated carbocycles. The largest absolute Gasteiger partial charge is 0.383 e. The van der Waals surface area contributed by atoms with Gasteiger partial charge in [0.25, 0.3) is 0 Å². The molecule has 1 fully saturated rings. The summed E-state index contributed by atoms with van der Waals surface area (Å²) in [5.41, 5.74) is 9.62. The normalized spacial score (nSPS) is 18.5. The third-order valence-corrected chi connectivity index (χ3v) is 7.08. The number of nitrogens with zero attached hydrogens (tertiary/aromatic N) is 3. The Hall–Kier alpha value is -2.20. The maximum absolute atomic E-state index is 11.5. The van der Waals surface area contributed by atoms with Crippen LogP contribution in [-0.4, -0.2) is 42.3 Å². The van der Waals surface area contributed by atoms with Crippen molar-refractivity contribution < 1.29 is 8.42 Å². The van der Waals surface area contributed by atoms with Crippen LogP contribution in [-0.2, 0) is 16.6 Å². The van der Waals surface area contributed by atoms with Gasteiger partial charge < -0.3 is 15.6 Å². The molecular weight excluding hydrogens is 460 g/mol. The summed E-state index contributed by atoms with van der Waals surface area (Å²) in [6, 6.07) is 5.90. The van der Waals surface area contributed by atoms with Crippen molar-refractivity contribution in [3.8, 4) is 11.1 Å². The summed E-state index contributed by atoms with van der Waals surface area (Å²) >= 11 is 6.39. The summed E-state index contributed by atoms with van der Waals surface area (Å²) in [5.74, 6) is 1.08. The molecule has 2 heterocycles. The first kappa shape index (κ1) is 23.9. The van der Waals surface area contributed by atoms with Gasteiger partial charge in [-0.3, -0.25) is 0 Å². The third-order valence-electron chi connectivity index (χ3n) is 6.19. The van der Waals surface area contributed by atoms with Crippen LogP contribution >= 0.6 is 11.6 Å². The lowest BCUT2D eigenvalue weighted by Crippen LogP contribution is -2.34. The molecular formula is C23H31ClN6O2S. The van der Waals surface area contributed by atoms with Gasteiger partial charge in [0.1, 0.15) is 17.8 Å². The molecule has 8 nitrogen and oxygen atoms in total. The molecule has 0 bridgehead atoms. The highest BCUT2D eigenvalue weighted by Gasteiger charge is 2.32. The molecule has 1 aliphatic carbocycles. The van der Waals surface area contributed by atoms with Gasteiger partial charge in [-0.2, -0.15) is 0 Å². The Kier molecular flexibility index (Phi) is 7.23. The van der Waals surface area contributed by atoms with E-state index in [0.29, 0.717) is 22.8 Å². The van der Waals surface area contributed by atoms with E-state index in [4.69, 9.17) is 17.3 Å². The molecule has 0 aliphatic heterocycles. The second-order valence-electron chi connectivity index (χ2n) is 8.90. The zero-order valence-electron chi connectivity index (χ0n) is 19.0. The molecule has 3 aromatic rings. The van der Waals surface area contributed by atoms with E-state index in [0.717, 1.165) is 59.9 Å². The number of nitrogens with one attached hydrogen (secondary N) is 2. The number of nitrogens with two attached hydrogens (primary N) is 1. The lowest BCUT2D eigenvalue weighted by molar-refractivity contribution is 0.197. The van der Waals surface area contributed by atoms with Gasteiger partial charge in [0.05, 0.1) is 11.6 Å². The molecule has 10 heteroatoms. The van der Waals surface area contributed by atoms with Crippen LogP contribution in [0.25, 0.3) is 22.2 Å². The van der Waals surface area contributed by atoms with Crippen molar-refractivity contribution >= 4 is 38.5 Å². The number of anilines is 1. The number of hydrogen-bond donors (Lipinski definition) is 3. The monoisotopic (exact) mass is 490 g/mol. The summed E-state index contributed by atoms with van der Waals surface area (Å²) in [5, 5.41) is 4.88. The molecule has 33 heavy (non-hydrogen) atoms. The molecule has 0 amide bonds. The van der Waals surface area contributed by atoms with E-state index >= 15 is 0 Å². The summed E-state index contributed by atoms with van der Waals surface area (Å²) < 4.78 is 27.8. The molecule has 0 spiro atoms.